The third-order valence-corrected chi connectivity index (χ3v) is 14.7. The van der Waals surface area contributed by atoms with Crippen LogP contribution in [0.1, 0.15) is 0 Å². The Hall–Kier alpha value is -8.96. The molecule has 2 heterocycles. The van der Waals surface area contributed by atoms with Crippen molar-refractivity contribution in [1.29, 1.82) is 0 Å². The van der Waals surface area contributed by atoms with Crippen LogP contribution >= 0.6 is 11.3 Å². The van der Waals surface area contributed by atoms with Crippen LogP contribution in [0.4, 0.5) is 34.1 Å². The van der Waals surface area contributed by atoms with Crippen molar-refractivity contribution in [3.8, 4) is 39.1 Å². The molecule has 70 heavy (non-hydrogen) atoms. The van der Waals surface area contributed by atoms with Crippen LogP contribution in [-0.2, 0) is 0 Å². The summed E-state index contributed by atoms with van der Waals surface area (Å²) in [7, 11) is 0. The van der Waals surface area contributed by atoms with Crippen molar-refractivity contribution in [1.82, 2.24) is 4.57 Å². The molecule has 0 bridgehead atoms. The molecule has 13 rings (SSSR count). The minimum absolute atomic E-state index is 1.05. The van der Waals surface area contributed by atoms with Gasteiger partial charge in [0.25, 0.3) is 0 Å². The summed E-state index contributed by atoms with van der Waals surface area (Å²) < 4.78 is 5.03. The van der Waals surface area contributed by atoms with Crippen LogP contribution in [0.5, 0.6) is 0 Å². The van der Waals surface area contributed by atoms with E-state index in [1.165, 1.54) is 53.2 Å². The Kier molecular flexibility index (Phi) is 10.4. The van der Waals surface area contributed by atoms with E-state index in [9.17, 15) is 0 Å². The van der Waals surface area contributed by atoms with E-state index in [2.05, 4.69) is 287 Å². The minimum atomic E-state index is 1.05. The zero-order valence-electron chi connectivity index (χ0n) is 38.2. The molecule has 0 aliphatic carbocycles. The SMILES string of the molecule is c1ccc(-c2cc(-c3ccccc3)cc(-n3c4ccccc4c4ccc(N(c5ccccc5)c5cccc(N(c6ccccc6)c6ccccc6)c5-c5ccc6sc7ccccc7c6c5)cc43)c2)cc1. The van der Waals surface area contributed by atoms with Crippen LogP contribution in [0.3, 0.4) is 0 Å². The molecule has 0 saturated heterocycles. The molecule has 0 fully saturated rings. The molecule has 0 amide bonds. The number of para-hydroxylation sites is 4. The van der Waals surface area contributed by atoms with E-state index in [-0.39, 0.29) is 0 Å². The lowest BCUT2D eigenvalue weighted by Gasteiger charge is -2.33. The first-order valence-electron chi connectivity index (χ1n) is 23.8. The van der Waals surface area contributed by atoms with Crippen molar-refractivity contribution < 1.29 is 0 Å². The Morgan fingerprint density at radius 2 is 0.757 bits per heavy atom. The maximum atomic E-state index is 2.47. The predicted molar refractivity (Wildman–Crippen MR) is 299 cm³/mol. The lowest BCUT2D eigenvalue weighted by atomic mass is 9.96. The van der Waals surface area contributed by atoms with Gasteiger partial charge >= 0.3 is 0 Å². The van der Waals surface area contributed by atoms with Gasteiger partial charge in [0.05, 0.1) is 22.4 Å². The predicted octanol–water partition coefficient (Wildman–Crippen LogP) is 19.1. The van der Waals surface area contributed by atoms with Gasteiger partial charge in [-0.15, -0.1) is 11.3 Å². The first-order valence-corrected chi connectivity index (χ1v) is 24.6. The van der Waals surface area contributed by atoms with Crippen molar-refractivity contribution >= 4 is 87.4 Å². The molecule has 4 heteroatoms. The molecule has 11 aromatic carbocycles. The number of aromatic nitrogens is 1. The summed E-state index contributed by atoms with van der Waals surface area (Å²) in [5.74, 6) is 0. The van der Waals surface area contributed by atoms with Crippen LogP contribution in [0.15, 0.2) is 273 Å². The van der Waals surface area contributed by atoms with E-state index in [0.29, 0.717) is 0 Å². The molecule has 0 atom stereocenters. The summed E-state index contributed by atoms with van der Waals surface area (Å²) in [6, 6.07) is 99.4. The monoisotopic (exact) mass is 911 g/mol. The Balaban J connectivity index is 1.09. The highest BCUT2D eigenvalue weighted by Gasteiger charge is 2.26. The van der Waals surface area contributed by atoms with Crippen LogP contribution in [0.25, 0.3) is 81.0 Å². The summed E-state index contributed by atoms with van der Waals surface area (Å²) in [5, 5.41) is 4.94. The number of anilines is 6. The quantitative estimate of drug-likeness (QED) is 0.135. The van der Waals surface area contributed by atoms with E-state index >= 15 is 0 Å². The first kappa shape index (κ1) is 41.2. The Morgan fingerprint density at radius 1 is 0.271 bits per heavy atom. The number of benzene rings is 11. The maximum absolute atomic E-state index is 2.47. The van der Waals surface area contributed by atoms with Gasteiger partial charge in [-0.2, -0.15) is 0 Å². The molecule has 0 spiro atoms. The summed E-state index contributed by atoms with van der Waals surface area (Å²) in [6.07, 6.45) is 0. The third-order valence-electron chi connectivity index (χ3n) is 13.5. The van der Waals surface area contributed by atoms with Crippen molar-refractivity contribution in [3.63, 3.8) is 0 Å². The fourth-order valence-electron chi connectivity index (χ4n) is 10.4. The first-order chi connectivity index (χ1) is 34.7. The van der Waals surface area contributed by atoms with Crippen molar-refractivity contribution in [2.75, 3.05) is 9.80 Å². The van der Waals surface area contributed by atoms with Crippen LogP contribution in [0.2, 0.25) is 0 Å². The maximum Gasteiger partial charge on any atom is 0.0561 e. The van der Waals surface area contributed by atoms with Crippen LogP contribution in [0, 0.1) is 0 Å². The Morgan fingerprint density at radius 3 is 1.36 bits per heavy atom. The second-order valence-corrected chi connectivity index (χ2v) is 18.8. The summed E-state index contributed by atoms with van der Waals surface area (Å²) in [6.45, 7) is 0. The topological polar surface area (TPSA) is 11.4 Å². The Labute approximate surface area is 411 Å². The van der Waals surface area contributed by atoms with E-state index in [0.717, 1.165) is 62.0 Å². The highest BCUT2D eigenvalue weighted by molar-refractivity contribution is 7.25. The van der Waals surface area contributed by atoms with Crippen molar-refractivity contribution in [3.05, 3.63) is 273 Å². The average Bonchev–Trinajstić information content (AvgIpc) is 3.97. The number of hydrogen-bond donors (Lipinski definition) is 0. The van der Waals surface area contributed by atoms with Gasteiger partial charge in [0.15, 0.2) is 0 Å². The molecular formula is C66H45N3S. The number of rotatable bonds is 10. The van der Waals surface area contributed by atoms with Crippen molar-refractivity contribution in [2.45, 2.75) is 0 Å². The smallest absolute Gasteiger partial charge is 0.0561 e. The number of hydrogen-bond acceptors (Lipinski definition) is 3. The zero-order valence-corrected chi connectivity index (χ0v) is 39.0. The van der Waals surface area contributed by atoms with E-state index < -0.39 is 0 Å². The minimum Gasteiger partial charge on any atom is -0.310 e. The fourth-order valence-corrected chi connectivity index (χ4v) is 11.5. The van der Waals surface area contributed by atoms with Crippen LogP contribution in [-0.4, -0.2) is 4.57 Å². The normalized spacial score (nSPS) is 11.4. The van der Waals surface area contributed by atoms with Crippen LogP contribution < -0.4 is 9.80 Å². The fraction of sp³-hybridized carbons (Fsp3) is 0. The van der Waals surface area contributed by atoms with Gasteiger partial charge in [-0.3, -0.25) is 0 Å². The Bertz CT molecular complexity index is 3900. The summed E-state index contributed by atoms with van der Waals surface area (Å²) >= 11 is 1.85. The van der Waals surface area contributed by atoms with Gasteiger partial charge in [0.2, 0.25) is 0 Å². The number of thiophene rings is 1. The zero-order chi connectivity index (χ0) is 46.4. The molecule has 0 radical (unpaired) electrons. The van der Waals surface area contributed by atoms with Gasteiger partial charge in [-0.1, -0.05) is 170 Å². The molecule has 0 saturated carbocycles. The van der Waals surface area contributed by atoms with E-state index in [1.807, 2.05) is 11.3 Å². The van der Waals surface area contributed by atoms with Gasteiger partial charge in [0, 0.05) is 64.9 Å². The van der Waals surface area contributed by atoms with Gasteiger partial charge < -0.3 is 14.4 Å². The lowest BCUT2D eigenvalue weighted by molar-refractivity contribution is 1.18. The summed E-state index contributed by atoms with van der Waals surface area (Å²) in [4.78, 5) is 4.86. The summed E-state index contributed by atoms with van der Waals surface area (Å²) in [5.41, 5.74) is 16.8. The molecule has 0 N–H and O–H groups in total. The molecule has 3 nitrogen and oxygen atoms in total. The second kappa shape index (κ2) is 17.6. The number of nitrogens with zero attached hydrogens (tertiary/aromatic N) is 3. The van der Waals surface area contributed by atoms with Gasteiger partial charge in [-0.25, -0.2) is 0 Å². The molecule has 0 unspecified atom stereocenters. The molecule has 330 valence electrons. The highest BCUT2D eigenvalue weighted by Crippen LogP contribution is 2.51. The largest absolute Gasteiger partial charge is 0.310 e. The molecule has 13 aromatic rings. The van der Waals surface area contributed by atoms with E-state index in [1.54, 1.807) is 0 Å². The number of fused-ring (bicyclic) bond motifs is 6. The van der Waals surface area contributed by atoms with E-state index in [4.69, 9.17) is 0 Å². The lowest BCUT2D eigenvalue weighted by Crippen LogP contribution is -2.15. The molecule has 0 aliphatic heterocycles. The van der Waals surface area contributed by atoms with Crippen molar-refractivity contribution in [2.24, 2.45) is 0 Å². The second-order valence-electron chi connectivity index (χ2n) is 17.7. The van der Waals surface area contributed by atoms with Gasteiger partial charge in [-0.05, 0) is 131 Å². The molecular weight excluding hydrogens is 867 g/mol. The third kappa shape index (κ3) is 7.30. The highest BCUT2D eigenvalue weighted by atomic mass is 32.1. The molecule has 0 aliphatic rings. The van der Waals surface area contributed by atoms with Gasteiger partial charge in [0.1, 0.15) is 0 Å². The molecule has 2 aromatic heterocycles. The standard InChI is InChI=1S/C66H45N3S/c1-6-21-46(22-7-1)49-41-50(47-23-8-2-9-24-47)43-55(42-49)69-60-33-18-16-31-56(60)57-39-38-54(45-63(57)69)68(53-29-14-5-15-30-53)62-35-20-34-61(67(51-25-10-3-11-26-51)52-27-12-4-13-28-52)66(62)48-37-40-65-59(44-48)58-32-17-19-36-64(58)70-65/h1-45H. The average molecular weight is 912 g/mol.